The predicted molar refractivity (Wildman–Crippen MR) is 105 cm³/mol. The first-order chi connectivity index (χ1) is 13.1. The molecule has 1 amide bonds. The van der Waals surface area contributed by atoms with E-state index in [1.165, 1.54) is 15.6 Å². The molecule has 7 nitrogen and oxygen atoms in total. The molecule has 0 bridgehead atoms. The highest BCUT2D eigenvalue weighted by molar-refractivity contribution is 7.91. The lowest BCUT2D eigenvalue weighted by atomic mass is 10.2. The smallest absolute Gasteiger partial charge is 0.253 e. The van der Waals surface area contributed by atoms with Crippen molar-refractivity contribution in [1.82, 2.24) is 14.3 Å². The highest BCUT2D eigenvalue weighted by Gasteiger charge is 2.40. The summed E-state index contributed by atoms with van der Waals surface area (Å²) in [6, 6.07) is 8.06. The zero-order valence-electron chi connectivity index (χ0n) is 14.1. The maximum absolute atomic E-state index is 12.8. The Morgan fingerprint density at radius 3 is 2.81 bits per heavy atom. The van der Waals surface area contributed by atoms with E-state index in [-0.39, 0.29) is 10.1 Å². The Balaban J connectivity index is 1.50. The fraction of sp³-hybridized carbons (Fsp3) is 0.235. The van der Waals surface area contributed by atoms with Gasteiger partial charge in [-0.2, -0.15) is 4.31 Å². The quantitative estimate of drug-likeness (QED) is 0.685. The van der Waals surface area contributed by atoms with Crippen LogP contribution >= 0.6 is 22.7 Å². The first-order valence-corrected chi connectivity index (χ1v) is 11.5. The van der Waals surface area contributed by atoms with Gasteiger partial charge in [-0.1, -0.05) is 12.1 Å². The van der Waals surface area contributed by atoms with Crippen LogP contribution in [0.5, 0.6) is 0 Å². The van der Waals surface area contributed by atoms with Crippen molar-refractivity contribution >= 4 is 43.7 Å². The Morgan fingerprint density at radius 2 is 2.07 bits per heavy atom. The third kappa shape index (κ3) is 3.65. The van der Waals surface area contributed by atoms with Crippen LogP contribution in [0.1, 0.15) is 12.8 Å². The first kappa shape index (κ1) is 18.2. The number of pyridine rings is 1. The molecule has 10 heteroatoms. The lowest BCUT2D eigenvalue weighted by Gasteiger charge is -2.22. The molecule has 0 saturated carbocycles. The molecule has 3 aromatic rings. The van der Waals surface area contributed by atoms with E-state index in [0.29, 0.717) is 30.2 Å². The summed E-state index contributed by atoms with van der Waals surface area (Å²) in [4.78, 5) is 21.3. The molecule has 1 fully saturated rings. The van der Waals surface area contributed by atoms with Crippen molar-refractivity contribution in [1.29, 1.82) is 0 Å². The Hall–Kier alpha value is -2.14. The second-order valence-corrected chi connectivity index (χ2v) is 9.87. The van der Waals surface area contributed by atoms with Gasteiger partial charge in [-0.05, 0) is 36.4 Å². The average molecular weight is 421 g/mol. The van der Waals surface area contributed by atoms with Gasteiger partial charge >= 0.3 is 0 Å². The number of thiazole rings is 1. The summed E-state index contributed by atoms with van der Waals surface area (Å²) >= 11 is 2.45. The molecule has 4 rings (SSSR count). The summed E-state index contributed by atoms with van der Waals surface area (Å²) in [6.07, 6.45) is 2.83. The topological polar surface area (TPSA) is 92.3 Å². The lowest BCUT2D eigenvalue weighted by Crippen LogP contribution is -2.42. The molecule has 1 N–H and O–H groups in total. The third-order valence-electron chi connectivity index (χ3n) is 4.23. The van der Waals surface area contributed by atoms with Crippen molar-refractivity contribution in [2.75, 3.05) is 11.9 Å². The van der Waals surface area contributed by atoms with Crippen LogP contribution < -0.4 is 5.32 Å². The monoisotopic (exact) mass is 420 g/mol. The summed E-state index contributed by atoms with van der Waals surface area (Å²) in [6.45, 7) is 0.343. The Labute approximate surface area is 164 Å². The average Bonchev–Trinajstić information content (AvgIpc) is 3.42. The molecule has 0 aromatic carbocycles. The van der Waals surface area contributed by atoms with Crippen LogP contribution in [-0.4, -0.2) is 41.2 Å². The lowest BCUT2D eigenvalue weighted by molar-refractivity contribution is -0.119. The summed E-state index contributed by atoms with van der Waals surface area (Å²) in [7, 11) is -3.66. The number of carbonyl (C=O) groups is 1. The third-order valence-corrected chi connectivity index (χ3v) is 8.26. The summed E-state index contributed by atoms with van der Waals surface area (Å²) in [5.74, 6) is -0.352. The minimum atomic E-state index is -3.66. The van der Waals surface area contributed by atoms with Gasteiger partial charge in [-0.3, -0.25) is 9.78 Å². The van der Waals surface area contributed by atoms with Crippen LogP contribution in [-0.2, 0) is 14.8 Å². The molecule has 1 unspecified atom stereocenters. The number of hydrogen-bond donors (Lipinski definition) is 1. The van der Waals surface area contributed by atoms with E-state index in [1.54, 1.807) is 23.7 Å². The van der Waals surface area contributed by atoms with Crippen molar-refractivity contribution in [2.45, 2.75) is 23.1 Å². The summed E-state index contributed by atoms with van der Waals surface area (Å²) < 4.78 is 27.1. The normalized spacial score (nSPS) is 17.9. The van der Waals surface area contributed by atoms with Crippen LogP contribution in [0.3, 0.4) is 0 Å². The van der Waals surface area contributed by atoms with E-state index in [9.17, 15) is 13.2 Å². The summed E-state index contributed by atoms with van der Waals surface area (Å²) in [5.41, 5.74) is 1.39. The fourth-order valence-corrected chi connectivity index (χ4v) is 6.45. The minimum absolute atomic E-state index is 0.258. The highest BCUT2D eigenvalue weighted by Crippen LogP contribution is 2.30. The zero-order valence-corrected chi connectivity index (χ0v) is 16.6. The van der Waals surface area contributed by atoms with Gasteiger partial charge in [0.1, 0.15) is 15.9 Å². The number of hydrogen-bond acceptors (Lipinski definition) is 7. The first-order valence-electron chi connectivity index (χ1n) is 8.29. The maximum Gasteiger partial charge on any atom is 0.253 e. The summed E-state index contributed by atoms with van der Waals surface area (Å²) in [5, 5.41) is 6.72. The molecule has 1 aliphatic rings. The van der Waals surface area contributed by atoms with Gasteiger partial charge in [0.15, 0.2) is 5.13 Å². The minimum Gasteiger partial charge on any atom is -0.301 e. The number of aromatic nitrogens is 2. The Kier molecular flexibility index (Phi) is 5.04. The maximum atomic E-state index is 12.8. The number of amides is 1. The van der Waals surface area contributed by atoms with Crippen molar-refractivity contribution in [2.24, 2.45) is 0 Å². The van der Waals surface area contributed by atoms with Crippen molar-refractivity contribution < 1.29 is 13.2 Å². The SMILES string of the molecule is O=C(Nc1nc(-c2ccccn2)cs1)C1CCCN1S(=O)(=O)c1cccs1. The molecule has 27 heavy (non-hydrogen) atoms. The second kappa shape index (κ2) is 7.47. The molecule has 3 aromatic heterocycles. The number of sulfonamides is 1. The van der Waals surface area contributed by atoms with E-state index >= 15 is 0 Å². The molecule has 1 aliphatic heterocycles. The highest BCUT2D eigenvalue weighted by atomic mass is 32.2. The number of carbonyl (C=O) groups excluding carboxylic acids is 1. The van der Waals surface area contributed by atoms with Gasteiger partial charge < -0.3 is 5.32 Å². The predicted octanol–water partition coefficient (Wildman–Crippen LogP) is 3.06. The number of thiophene rings is 1. The fourth-order valence-electron chi connectivity index (χ4n) is 2.97. The second-order valence-electron chi connectivity index (χ2n) is 5.95. The van der Waals surface area contributed by atoms with E-state index in [4.69, 9.17) is 0 Å². The zero-order chi connectivity index (χ0) is 18.9. The molecule has 1 saturated heterocycles. The Morgan fingerprint density at radius 1 is 1.19 bits per heavy atom. The van der Waals surface area contributed by atoms with E-state index in [1.807, 2.05) is 23.6 Å². The van der Waals surface area contributed by atoms with Crippen LogP contribution in [0.2, 0.25) is 0 Å². The van der Waals surface area contributed by atoms with Gasteiger partial charge in [0.05, 0.1) is 5.69 Å². The number of rotatable bonds is 5. The van der Waals surface area contributed by atoms with Crippen molar-refractivity contribution in [3.05, 3.63) is 47.3 Å². The van der Waals surface area contributed by atoms with Crippen molar-refractivity contribution in [3.63, 3.8) is 0 Å². The molecule has 0 aliphatic carbocycles. The van der Waals surface area contributed by atoms with Gasteiger partial charge in [0.2, 0.25) is 5.91 Å². The largest absolute Gasteiger partial charge is 0.301 e. The standard InChI is InChI=1S/C17H16N4O3S3/c22-16(20-17-19-13(11-26-17)12-5-1-2-8-18-12)14-6-3-9-21(14)27(23,24)15-7-4-10-25-15/h1-2,4-5,7-8,10-11,14H,3,6,9H2,(H,19,20,22). The molecule has 140 valence electrons. The molecule has 0 radical (unpaired) electrons. The van der Waals surface area contributed by atoms with Crippen molar-refractivity contribution in [3.8, 4) is 11.4 Å². The molecule has 4 heterocycles. The van der Waals surface area contributed by atoms with Crippen LogP contribution in [0, 0.1) is 0 Å². The molecular weight excluding hydrogens is 404 g/mol. The van der Waals surface area contributed by atoms with E-state index in [0.717, 1.165) is 17.0 Å². The van der Waals surface area contributed by atoms with Gasteiger partial charge in [0.25, 0.3) is 10.0 Å². The van der Waals surface area contributed by atoms with E-state index in [2.05, 4.69) is 15.3 Å². The molecular formula is C17H16N4O3S3. The molecule has 1 atom stereocenters. The van der Waals surface area contributed by atoms with Crippen LogP contribution in [0.25, 0.3) is 11.4 Å². The van der Waals surface area contributed by atoms with Gasteiger partial charge in [0, 0.05) is 18.1 Å². The number of anilines is 1. The number of nitrogens with one attached hydrogen (secondary N) is 1. The van der Waals surface area contributed by atoms with Gasteiger partial charge in [-0.15, -0.1) is 22.7 Å². The van der Waals surface area contributed by atoms with Gasteiger partial charge in [-0.25, -0.2) is 13.4 Å². The van der Waals surface area contributed by atoms with E-state index < -0.39 is 16.1 Å². The van der Waals surface area contributed by atoms with Crippen LogP contribution in [0.15, 0.2) is 51.5 Å². The Bertz CT molecular complexity index is 1030. The molecule has 0 spiro atoms. The van der Waals surface area contributed by atoms with Crippen LogP contribution in [0.4, 0.5) is 5.13 Å². The number of nitrogens with zero attached hydrogens (tertiary/aromatic N) is 3.